The molecule has 2 aromatic carbocycles. The molecule has 3 heterocycles. The number of rotatable bonds is 6. The maximum Gasteiger partial charge on any atom is 0.357 e. The van der Waals surface area contributed by atoms with Crippen LogP contribution in [0, 0.1) is 0 Å². The summed E-state index contributed by atoms with van der Waals surface area (Å²) < 4.78 is 8.58. The minimum Gasteiger partial charge on any atom is -0.478 e. The Bertz CT molecular complexity index is 2020. The average Bonchev–Trinajstić information content (AvgIpc) is 3.54. The van der Waals surface area contributed by atoms with Gasteiger partial charge in [-0.3, -0.25) is 0 Å². The fraction of sp³-hybridized carbons (Fsp3) is 0.111. The normalized spacial score (nSPS) is 11.3. The van der Waals surface area contributed by atoms with Gasteiger partial charge in [0.25, 0.3) is 0 Å². The molecule has 214 valence electrons. The van der Waals surface area contributed by atoms with Crippen molar-refractivity contribution >= 4 is 55.4 Å². The van der Waals surface area contributed by atoms with Crippen LogP contribution in [0.1, 0.15) is 66.4 Å². The van der Waals surface area contributed by atoms with Crippen LogP contribution >= 0.6 is 11.3 Å². The van der Waals surface area contributed by atoms with E-state index in [9.17, 15) is 48.6 Å². The first-order valence-electron chi connectivity index (χ1n) is 11.5. The molecule has 5 aromatic rings. The smallest absolute Gasteiger partial charge is 0.357 e. The van der Waals surface area contributed by atoms with Gasteiger partial charge in [0.2, 0.25) is 0 Å². The third-order valence-electron chi connectivity index (χ3n) is 6.46. The summed E-state index contributed by atoms with van der Waals surface area (Å²) in [6.45, 7) is 3.38. The van der Waals surface area contributed by atoms with Crippen LogP contribution in [0.2, 0.25) is 0 Å². The fourth-order valence-electron chi connectivity index (χ4n) is 4.23. The molecule has 0 aliphatic heterocycles. The molecule has 0 atom stereocenters. The minimum absolute atomic E-state index is 0.00463. The van der Waals surface area contributed by atoms with E-state index in [0.717, 1.165) is 11.3 Å². The summed E-state index contributed by atoms with van der Waals surface area (Å²) >= 11 is 0.744. The molecule has 0 radical (unpaired) electrons. The summed E-state index contributed by atoms with van der Waals surface area (Å²) in [5.74, 6) is -5.57. The van der Waals surface area contributed by atoms with E-state index < -0.39 is 62.9 Å². The molecule has 4 N–H and O–H groups in total. The number of furan rings is 2. The largest absolute Gasteiger partial charge is 0.478 e. The summed E-state index contributed by atoms with van der Waals surface area (Å²) in [6.07, 6.45) is 0. The number of aromatic carboxylic acids is 4. The van der Waals surface area contributed by atoms with Gasteiger partial charge in [0.05, 0.1) is 22.3 Å². The molecular weight excluding hydrogens is 580 g/mol. The van der Waals surface area contributed by atoms with Gasteiger partial charge in [-0.2, -0.15) is 0 Å². The predicted octanol–water partition coefficient (Wildman–Crippen LogP) is 2.36. The number of carboxylic acid groups (broad SMARTS) is 4. The van der Waals surface area contributed by atoms with Gasteiger partial charge in [-0.25, -0.2) is 38.4 Å². The van der Waals surface area contributed by atoms with Crippen LogP contribution in [0.5, 0.6) is 0 Å². The first-order valence-corrected chi connectivity index (χ1v) is 12.3. The molecule has 0 bridgehead atoms. The van der Waals surface area contributed by atoms with E-state index >= 15 is 0 Å². The molecule has 42 heavy (non-hydrogen) atoms. The van der Waals surface area contributed by atoms with Crippen LogP contribution in [-0.4, -0.2) is 44.3 Å². The van der Waals surface area contributed by atoms with Crippen molar-refractivity contribution in [1.29, 1.82) is 0 Å². The monoisotopic (exact) mass is 596 g/mol. The second kappa shape index (κ2) is 10.4. The van der Waals surface area contributed by atoms with Crippen LogP contribution < -0.4 is 22.5 Å². The van der Waals surface area contributed by atoms with Crippen LogP contribution in [0.15, 0.2) is 64.4 Å². The van der Waals surface area contributed by atoms with E-state index in [-0.39, 0.29) is 31.3 Å². The van der Waals surface area contributed by atoms with Crippen molar-refractivity contribution in [2.24, 2.45) is 0 Å². The van der Waals surface area contributed by atoms with Gasteiger partial charge in [0, 0.05) is 5.41 Å². The lowest BCUT2D eigenvalue weighted by Crippen LogP contribution is -2.22. The van der Waals surface area contributed by atoms with Gasteiger partial charge in [-0.05, 0) is 35.4 Å². The average molecular weight is 596 g/mol. The number of hydrogen-bond acceptors (Lipinski definition) is 11. The Kier molecular flexibility index (Phi) is 7.23. The first kappa shape index (κ1) is 29.3. The lowest BCUT2D eigenvalue weighted by molar-refractivity contribution is 0.0651. The summed E-state index contributed by atoms with van der Waals surface area (Å²) in [5.41, 5.74) is -5.02. The van der Waals surface area contributed by atoms with E-state index in [1.807, 2.05) is 0 Å². The molecule has 0 saturated heterocycles. The van der Waals surface area contributed by atoms with E-state index in [1.165, 1.54) is 36.4 Å². The van der Waals surface area contributed by atoms with Gasteiger partial charge in [-0.15, -0.1) is 11.3 Å². The van der Waals surface area contributed by atoms with Crippen molar-refractivity contribution in [2.45, 2.75) is 19.3 Å². The van der Waals surface area contributed by atoms with E-state index in [4.69, 9.17) is 10.2 Å². The van der Waals surface area contributed by atoms with Crippen LogP contribution in [0.3, 0.4) is 0 Å². The third-order valence-corrected chi connectivity index (χ3v) is 7.61. The van der Waals surface area contributed by atoms with Gasteiger partial charge in [-0.1, -0.05) is 26.0 Å². The van der Waals surface area contributed by atoms with Gasteiger partial charge in [0.15, 0.2) is 0 Å². The zero-order chi connectivity index (χ0) is 31.3. The second-order valence-corrected chi connectivity index (χ2v) is 10.3. The Morgan fingerprint density at radius 3 is 1.21 bits per heavy atom. The van der Waals surface area contributed by atoms with Crippen molar-refractivity contribution in [1.82, 2.24) is 0 Å². The SMILES string of the molecule is CC(C)(c1ccc(C(=O)O)c(C(=O)O)c1)c1ccc(C(=O)O)c(C(=O)O)c1.O=c1oc(=O)c2c1sc1c(=O)oc(=O)c12. The highest BCUT2D eigenvalue weighted by atomic mass is 32.1. The Morgan fingerprint density at radius 2 is 0.905 bits per heavy atom. The molecule has 0 aliphatic rings. The highest BCUT2D eigenvalue weighted by molar-refractivity contribution is 7.25. The summed E-state index contributed by atoms with van der Waals surface area (Å²) in [5, 5.41) is 36.5. The third kappa shape index (κ3) is 4.88. The molecule has 0 spiro atoms. The number of carboxylic acids is 4. The Labute approximate surface area is 234 Å². The van der Waals surface area contributed by atoms with Crippen molar-refractivity contribution in [3.05, 3.63) is 111 Å². The number of thiophene rings is 1. The number of carbonyl (C=O) groups is 4. The van der Waals surface area contributed by atoms with E-state index in [2.05, 4.69) is 8.83 Å². The van der Waals surface area contributed by atoms with Gasteiger partial charge in [0.1, 0.15) is 20.2 Å². The lowest BCUT2D eigenvalue weighted by Gasteiger charge is -2.27. The molecule has 0 aliphatic carbocycles. The van der Waals surface area contributed by atoms with Crippen LogP contribution in [0.4, 0.5) is 0 Å². The van der Waals surface area contributed by atoms with E-state index in [1.54, 1.807) is 13.8 Å². The molecule has 5 rings (SSSR count). The molecule has 0 saturated carbocycles. The summed E-state index contributed by atoms with van der Waals surface area (Å²) in [6, 6.07) is 7.68. The van der Waals surface area contributed by atoms with Crippen LogP contribution in [0.25, 0.3) is 20.2 Å². The Morgan fingerprint density at radius 1 is 0.571 bits per heavy atom. The predicted molar refractivity (Wildman–Crippen MR) is 144 cm³/mol. The summed E-state index contributed by atoms with van der Waals surface area (Å²) in [7, 11) is 0. The number of hydrogen-bond donors (Lipinski definition) is 4. The molecule has 15 heteroatoms. The Balaban J connectivity index is 0.000000225. The zero-order valence-electron chi connectivity index (χ0n) is 21.2. The number of fused-ring (bicyclic) bond motifs is 3. The molecule has 0 amide bonds. The minimum atomic E-state index is -1.41. The topological polar surface area (TPSA) is 244 Å². The van der Waals surface area contributed by atoms with Crippen molar-refractivity contribution in [3.63, 3.8) is 0 Å². The van der Waals surface area contributed by atoms with Gasteiger partial charge < -0.3 is 29.3 Å². The highest BCUT2D eigenvalue weighted by Gasteiger charge is 2.29. The van der Waals surface area contributed by atoms with E-state index in [0.29, 0.717) is 11.1 Å². The summed E-state index contributed by atoms with van der Waals surface area (Å²) in [4.78, 5) is 89.8. The quantitative estimate of drug-likeness (QED) is 0.220. The molecule has 14 nitrogen and oxygen atoms in total. The van der Waals surface area contributed by atoms with Crippen molar-refractivity contribution in [3.8, 4) is 0 Å². The highest BCUT2D eigenvalue weighted by Crippen LogP contribution is 2.34. The maximum absolute atomic E-state index is 11.4. The maximum atomic E-state index is 11.4. The standard InChI is InChI=1S/C19H16O8.C8O6S/c1-19(2,9-3-5-11(15(20)21)13(7-9)17(24)25)10-4-6-12(16(22)23)14(8-10)18(26)27;9-5-1-2-4(8(12)14-6(2)10)15-3(1)7(11)13-5/h3-8H,1-2H3,(H,20,21)(H,22,23)(H,24,25)(H,26,27);. The zero-order valence-corrected chi connectivity index (χ0v) is 22.1. The Hall–Kier alpha value is -5.70. The number of benzene rings is 2. The molecule has 3 aromatic heterocycles. The molecule has 0 fully saturated rings. The van der Waals surface area contributed by atoms with Crippen LogP contribution in [-0.2, 0) is 5.41 Å². The molecule has 0 unspecified atom stereocenters. The second-order valence-electron chi connectivity index (χ2n) is 9.23. The first-order chi connectivity index (χ1) is 19.6. The van der Waals surface area contributed by atoms with Gasteiger partial charge >= 0.3 is 46.4 Å². The lowest BCUT2D eigenvalue weighted by atomic mass is 9.76. The fourth-order valence-corrected chi connectivity index (χ4v) is 5.26. The van der Waals surface area contributed by atoms with Crippen molar-refractivity contribution < 1.29 is 48.4 Å². The molecular formula is C27H16O14S. The van der Waals surface area contributed by atoms with Crippen molar-refractivity contribution in [2.75, 3.05) is 0 Å².